The molecule has 2 heteroatoms. The lowest BCUT2D eigenvalue weighted by Crippen LogP contribution is -2.24. The highest BCUT2D eigenvalue weighted by Gasteiger charge is 2.22. The Balaban J connectivity index is 4.26. The van der Waals surface area contributed by atoms with E-state index >= 15 is 0 Å². The van der Waals surface area contributed by atoms with Crippen LogP contribution in [-0.2, 0) is 9.59 Å². The van der Waals surface area contributed by atoms with E-state index in [9.17, 15) is 9.59 Å². The van der Waals surface area contributed by atoms with Crippen LogP contribution in [0.1, 0.15) is 41.0 Å². The smallest absolute Gasteiger partial charge is 0.146 e. The van der Waals surface area contributed by atoms with E-state index in [0.717, 1.165) is 6.42 Å². The third-order valence-electron chi connectivity index (χ3n) is 2.40. The van der Waals surface area contributed by atoms with E-state index in [4.69, 9.17) is 0 Å². The predicted molar refractivity (Wildman–Crippen MR) is 58.1 cm³/mol. The van der Waals surface area contributed by atoms with Crippen molar-refractivity contribution in [3.63, 3.8) is 0 Å². The fraction of sp³-hybridized carbons (Fsp3) is 0.667. The molecule has 0 bridgehead atoms. The van der Waals surface area contributed by atoms with E-state index < -0.39 is 5.92 Å². The number of carbonyl (C=O) groups excluding carboxylic acids is 2. The van der Waals surface area contributed by atoms with Gasteiger partial charge in [-0.3, -0.25) is 9.59 Å². The lowest BCUT2D eigenvalue weighted by Gasteiger charge is -2.12. The molecule has 0 saturated carbocycles. The van der Waals surface area contributed by atoms with Crippen LogP contribution >= 0.6 is 0 Å². The average Bonchev–Trinajstić information content (AvgIpc) is 2.11. The van der Waals surface area contributed by atoms with Crippen LogP contribution in [0.4, 0.5) is 0 Å². The van der Waals surface area contributed by atoms with Gasteiger partial charge in [0.05, 0.1) is 5.92 Å². The zero-order valence-electron chi connectivity index (χ0n) is 9.76. The van der Waals surface area contributed by atoms with Crippen molar-refractivity contribution in [2.24, 2.45) is 11.8 Å². The molecule has 0 spiro atoms. The Morgan fingerprint density at radius 3 is 2.00 bits per heavy atom. The third kappa shape index (κ3) is 4.35. The number of hydrogen-bond acceptors (Lipinski definition) is 2. The lowest BCUT2D eigenvalue weighted by molar-refractivity contribution is -0.133. The number of hydrogen-bond donors (Lipinski definition) is 0. The number of carbonyl (C=O) groups is 2. The van der Waals surface area contributed by atoms with E-state index in [1.54, 1.807) is 6.92 Å². The first-order valence-electron chi connectivity index (χ1n) is 5.03. The van der Waals surface area contributed by atoms with Crippen LogP contribution in [0.5, 0.6) is 0 Å². The maximum Gasteiger partial charge on any atom is 0.146 e. The molecule has 0 saturated heterocycles. The molecule has 0 fully saturated rings. The normalized spacial score (nSPS) is 14.4. The zero-order chi connectivity index (χ0) is 11.3. The van der Waals surface area contributed by atoms with E-state index in [0.29, 0.717) is 0 Å². The minimum atomic E-state index is -0.449. The predicted octanol–water partition coefficient (Wildman–Crippen LogP) is 2.77. The summed E-state index contributed by atoms with van der Waals surface area (Å²) >= 11 is 0. The molecule has 0 amide bonds. The van der Waals surface area contributed by atoms with Gasteiger partial charge in [-0.25, -0.2) is 0 Å². The number of rotatable bonds is 5. The maximum absolute atomic E-state index is 11.6. The van der Waals surface area contributed by atoms with Crippen molar-refractivity contribution < 1.29 is 9.59 Å². The van der Waals surface area contributed by atoms with Gasteiger partial charge in [0.15, 0.2) is 0 Å². The average molecular weight is 196 g/mol. The maximum atomic E-state index is 11.6. The Bertz CT molecular complexity index is 247. The second-order valence-electron chi connectivity index (χ2n) is 4.15. The summed E-state index contributed by atoms with van der Waals surface area (Å²) in [5.74, 6) is -0.492. The molecule has 0 aromatic heterocycles. The van der Waals surface area contributed by atoms with Crippen LogP contribution in [0.3, 0.4) is 0 Å². The third-order valence-corrected chi connectivity index (χ3v) is 2.40. The molecule has 0 heterocycles. The van der Waals surface area contributed by atoms with Gasteiger partial charge >= 0.3 is 0 Å². The Morgan fingerprint density at radius 2 is 1.64 bits per heavy atom. The van der Waals surface area contributed by atoms with Gasteiger partial charge in [0.25, 0.3) is 0 Å². The topological polar surface area (TPSA) is 34.1 Å². The molecule has 0 radical (unpaired) electrons. The van der Waals surface area contributed by atoms with E-state index in [2.05, 4.69) is 0 Å². The molecule has 0 aliphatic carbocycles. The molecule has 0 aromatic rings. The summed E-state index contributed by atoms with van der Waals surface area (Å²) in [5.41, 5.74) is 1.21. The van der Waals surface area contributed by atoms with Crippen molar-refractivity contribution in [3.8, 4) is 0 Å². The highest BCUT2D eigenvalue weighted by Crippen LogP contribution is 2.13. The van der Waals surface area contributed by atoms with Gasteiger partial charge in [0.2, 0.25) is 0 Å². The molecule has 0 rings (SSSR count). The van der Waals surface area contributed by atoms with Crippen LogP contribution < -0.4 is 0 Å². The molecule has 0 aliphatic heterocycles. The van der Waals surface area contributed by atoms with Crippen molar-refractivity contribution in [3.05, 3.63) is 11.6 Å². The van der Waals surface area contributed by atoms with E-state index in [1.165, 1.54) is 12.5 Å². The summed E-state index contributed by atoms with van der Waals surface area (Å²) in [7, 11) is 0. The fourth-order valence-corrected chi connectivity index (χ4v) is 1.16. The molecule has 2 nitrogen and oxygen atoms in total. The van der Waals surface area contributed by atoms with Crippen molar-refractivity contribution in [2.75, 3.05) is 0 Å². The number of Topliss-reactive ketones (excluding diaryl/α,β-unsaturated/α-hetero) is 2. The summed E-state index contributed by atoms with van der Waals surface area (Å²) in [6, 6.07) is 0. The molecule has 0 N–H and O–H groups in total. The zero-order valence-corrected chi connectivity index (χ0v) is 9.76. The van der Waals surface area contributed by atoms with E-state index in [1.807, 2.05) is 26.8 Å². The van der Waals surface area contributed by atoms with Gasteiger partial charge in [0, 0.05) is 5.92 Å². The minimum Gasteiger partial charge on any atom is -0.299 e. The SMILES string of the molecule is CC(=O)C(C)C(=O)C(C)CC=C(C)C. The van der Waals surface area contributed by atoms with Crippen LogP contribution in [0.25, 0.3) is 0 Å². The Kier molecular flexibility index (Phi) is 5.36. The molecule has 2 atom stereocenters. The summed E-state index contributed by atoms with van der Waals surface area (Å²) in [5, 5.41) is 0. The summed E-state index contributed by atoms with van der Waals surface area (Å²) in [4.78, 5) is 22.6. The molecule has 80 valence electrons. The first-order chi connectivity index (χ1) is 6.36. The minimum absolute atomic E-state index is 0.0425. The van der Waals surface area contributed by atoms with Crippen LogP contribution in [-0.4, -0.2) is 11.6 Å². The lowest BCUT2D eigenvalue weighted by atomic mass is 9.90. The fourth-order valence-electron chi connectivity index (χ4n) is 1.16. The van der Waals surface area contributed by atoms with Crippen LogP contribution in [0.15, 0.2) is 11.6 Å². The first kappa shape index (κ1) is 13.1. The van der Waals surface area contributed by atoms with Gasteiger partial charge in [-0.2, -0.15) is 0 Å². The molecule has 2 unspecified atom stereocenters. The Morgan fingerprint density at radius 1 is 1.14 bits per heavy atom. The van der Waals surface area contributed by atoms with Crippen molar-refractivity contribution in [2.45, 2.75) is 41.0 Å². The molecule has 0 aliphatic rings. The Labute approximate surface area is 86.4 Å². The summed E-state index contributed by atoms with van der Waals surface area (Å²) in [6.07, 6.45) is 2.77. The van der Waals surface area contributed by atoms with Gasteiger partial charge < -0.3 is 0 Å². The molecular formula is C12H20O2. The van der Waals surface area contributed by atoms with Gasteiger partial charge in [0.1, 0.15) is 11.6 Å². The van der Waals surface area contributed by atoms with Gasteiger partial charge in [-0.05, 0) is 34.1 Å². The number of allylic oxidation sites excluding steroid dienone is 2. The second-order valence-corrected chi connectivity index (χ2v) is 4.15. The monoisotopic (exact) mass is 196 g/mol. The van der Waals surface area contributed by atoms with E-state index in [-0.39, 0.29) is 17.5 Å². The highest BCUT2D eigenvalue weighted by molar-refractivity contribution is 6.01. The summed E-state index contributed by atoms with van der Waals surface area (Å²) < 4.78 is 0. The van der Waals surface area contributed by atoms with Crippen molar-refractivity contribution in [1.29, 1.82) is 0 Å². The molecular weight excluding hydrogens is 176 g/mol. The molecule has 0 aromatic carbocycles. The van der Waals surface area contributed by atoms with Crippen molar-refractivity contribution >= 4 is 11.6 Å². The largest absolute Gasteiger partial charge is 0.299 e. The summed E-state index contributed by atoms with van der Waals surface area (Å²) in [6.45, 7) is 9.04. The first-order valence-corrected chi connectivity index (χ1v) is 5.03. The van der Waals surface area contributed by atoms with Crippen LogP contribution in [0, 0.1) is 11.8 Å². The van der Waals surface area contributed by atoms with Crippen molar-refractivity contribution in [1.82, 2.24) is 0 Å². The standard InChI is InChI=1S/C12H20O2/c1-8(2)6-7-9(3)12(14)10(4)11(5)13/h6,9-10H,7H2,1-5H3. The Hall–Kier alpha value is -0.920. The second kappa shape index (κ2) is 5.74. The molecule has 14 heavy (non-hydrogen) atoms. The highest BCUT2D eigenvalue weighted by atomic mass is 16.1. The number of ketones is 2. The quantitative estimate of drug-likeness (QED) is 0.500. The van der Waals surface area contributed by atoms with Crippen LogP contribution in [0.2, 0.25) is 0 Å². The van der Waals surface area contributed by atoms with Gasteiger partial charge in [-0.15, -0.1) is 0 Å². The van der Waals surface area contributed by atoms with Gasteiger partial charge in [-0.1, -0.05) is 18.6 Å².